The molecule has 1 atom stereocenters. The predicted molar refractivity (Wildman–Crippen MR) is 61.0 cm³/mol. The zero-order chi connectivity index (χ0) is 9.42. The number of halogens is 1. The number of rotatable bonds is 0. The van der Waals surface area contributed by atoms with Gasteiger partial charge in [-0.25, -0.2) is 0 Å². The van der Waals surface area contributed by atoms with Crippen LogP contribution in [0.25, 0.3) is 6.08 Å². The minimum absolute atomic E-state index is 0.494. The van der Waals surface area contributed by atoms with Gasteiger partial charge in [-0.3, -0.25) is 0 Å². The summed E-state index contributed by atoms with van der Waals surface area (Å²) in [6.07, 6.45) is 4.40. The largest absolute Gasteiger partial charge is 0.368 e. The summed E-state index contributed by atoms with van der Waals surface area (Å²) in [6.45, 7) is 2.20. The van der Waals surface area contributed by atoms with Crippen LogP contribution in [0.15, 0.2) is 28.7 Å². The van der Waals surface area contributed by atoms with E-state index >= 15 is 0 Å². The third-order valence-electron chi connectivity index (χ3n) is 2.53. The van der Waals surface area contributed by atoms with Crippen molar-refractivity contribution in [2.45, 2.75) is 13.0 Å². The van der Waals surface area contributed by atoms with E-state index in [9.17, 15) is 0 Å². The van der Waals surface area contributed by atoms with Crippen molar-refractivity contribution >= 4 is 27.7 Å². The lowest BCUT2D eigenvalue weighted by atomic mass is 10.0. The Bertz CT molecular complexity index is 357. The molecule has 1 aliphatic heterocycles. The van der Waals surface area contributed by atoms with E-state index in [1.807, 2.05) is 0 Å². The summed E-state index contributed by atoms with van der Waals surface area (Å²) in [5.74, 6) is 0. The Morgan fingerprint density at radius 1 is 1.38 bits per heavy atom. The molecule has 0 amide bonds. The van der Waals surface area contributed by atoms with E-state index in [-0.39, 0.29) is 0 Å². The molecule has 0 saturated heterocycles. The number of nitrogens with zero attached hydrogens (tertiary/aromatic N) is 1. The lowest BCUT2D eigenvalue weighted by molar-refractivity contribution is 0.817. The molecular formula is C11H12BrN. The molecule has 1 aliphatic rings. The normalized spacial score (nSPS) is 20.2. The summed E-state index contributed by atoms with van der Waals surface area (Å²) in [5.41, 5.74) is 2.59. The van der Waals surface area contributed by atoms with Crippen molar-refractivity contribution in [2.24, 2.45) is 0 Å². The van der Waals surface area contributed by atoms with Gasteiger partial charge in [0.25, 0.3) is 0 Å². The number of hydrogen-bond donors (Lipinski definition) is 0. The molecule has 1 nitrogen and oxygen atoms in total. The first-order chi connectivity index (χ1) is 6.18. The Morgan fingerprint density at radius 3 is 2.92 bits per heavy atom. The fourth-order valence-electron chi connectivity index (χ4n) is 1.57. The molecule has 0 radical (unpaired) electrons. The summed E-state index contributed by atoms with van der Waals surface area (Å²) in [7, 11) is 2.13. The maximum Gasteiger partial charge on any atom is 0.0445 e. The van der Waals surface area contributed by atoms with Gasteiger partial charge in [0.1, 0.15) is 0 Å². The van der Waals surface area contributed by atoms with Crippen molar-refractivity contribution in [1.82, 2.24) is 0 Å². The molecule has 1 aromatic rings. The quantitative estimate of drug-likeness (QED) is 0.670. The minimum atomic E-state index is 0.494. The van der Waals surface area contributed by atoms with Crippen LogP contribution in [0.3, 0.4) is 0 Å². The van der Waals surface area contributed by atoms with Crippen molar-refractivity contribution in [3.8, 4) is 0 Å². The maximum absolute atomic E-state index is 3.47. The lowest BCUT2D eigenvalue weighted by Gasteiger charge is -2.29. The minimum Gasteiger partial charge on any atom is -0.368 e. The standard InChI is InChI=1S/C11H12BrN/c1-8-3-4-9-7-10(12)5-6-11(9)13(8)2/h3-8H,1-2H3. The molecule has 0 saturated carbocycles. The molecule has 0 aromatic heterocycles. The molecule has 0 N–H and O–H groups in total. The molecule has 2 rings (SSSR count). The SMILES string of the molecule is CC1C=Cc2cc(Br)ccc2N1C. The van der Waals surface area contributed by atoms with Gasteiger partial charge in [-0.15, -0.1) is 0 Å². The number of anilines is 1. The zero-order valence-electron chi connectivity index (χ0n) is 7.79. The van der Waals surface area contributed by atoms with Crippen LogP contribution < -0.4 is 4.90 Å². The van der Waals surface area contributed by atoms with E-state index < -0.39 is 0 Å². The highest BCUT2D eigenvalue weighted by atomic mass is 79.9. The summed E-state index contributed by atoms with van der Waals surface area (Å²) in [5, 5.41) is 0. The van der Waals surface area contributed by atoms with Crippen molar-refractivity contribution in [1.29, 1.82) is 0 Å². The van der Waals surface area contributed by atoms with Gasteiger partial charge in [-0.1, -0.05) is 28.1 Å². The van der Waals surface area contributed by atoms with E-state index in [0.29, 0.717) is 6.04 Å². The number of likely N-dealkylation sites (N-methyl/N-ethyl adjacent to an activating group) is 1. The van der Waals surface area contributed by atoms with Crippen LogP contribution in [-0.4, -0.2) is 13.1 Å². The molecule has 68 valence electrons. The smallest absolute Gasteiger partial charge is 0.0445 e. The van der Waals surface area contributed by atoms with E-state index in [2.05, 4.69) is 65.2 Å². The van der Waals surface area contributed by atoms with Crippen molar-refractivity contribution in [3.05, 3.63) is 34.3 Å². The van der Waals surface area contributed by atoms with E-state index in [4.69, 9.17) is 0 Å². The van der Waals surface area contributed by atoms with Gasteiger partial charge in [0, 0.05) is 23.2 Å². The van der Waals surface area contributed by atoms with Crippen LogP contribution >= 0.6 is 15.9 Å². The third kappa shape index (κ3) is 1.51. The van der Waals surface area contributed by atoms with Crippen LogP contribution in [0.4, 0.5) is 5.69 Å². The van der Waals surface area contributed by atoms with Crippen molar-refractivity contribution in [2.75, 3.05) is 11.9 Å². The van der Waals surface area contributed by atoms with Crippen LogP contribution in [0.5, 0.6) is 0 Å². The molecule has 0 bridgehead atoms. The van der Waals surface area contributed by atoms with Crippen LogP contribution in [0.2, 0.25) is 0 Å². The Hall–Kier alpha value is -0.760. The van der Waals surface area contributed by atoms with Gasteiger partial charge in [0.15, 0.2) is 0 Å². The van der Waals surface area contributed by atoms with Crippen LogP contribution in [0, 0.1) is 0 Å². The highest BCUT2D eigenvalue weighted by Gasteiger charge is 2.14. The van der Waals surface area contributed by atoms with E-state index in [1.165, 1.54) is 11.3 Å². The van der Waals surface area contributed by atoms with Crippen molar-refractivity contribution < 1.29 is 0 Å². The van der Waals surface area contributed by atoms with Gasteiger partial charge >= 0.3 is 0 Å². The highest BCUT2D eigenvalue weighted by molar-refractivity contribution is 9.10. The second-order valence-corrected chi connectivity index (χ2v) is 4.33. The molecule has 2 heteroatoms. The third-order valence-corrected chi connectivity index (χ3v) is 3.03. The second-order valence-electron chi connectivity index (χ2n) is 3.41. The second kappa shape index (κ2) is 3.18. The van der Waals surface area contributed by atoms with Gasteiger partial charge in [0.2, 0.25) is 0 Å². The Kier molecular flexibility index (Phi) is 2.16. The zero-order valence-corrected chi connectivity index (χ0v) is 9.38. The molecule has 1 aromatic carbocycles. The summed E-state index contributed by atoms with van der Waals surface area (Å²) < 4.78 is 1.14. The van der Waals surface area contributed by atoms with Gasteiger partial charge in [-0.05, 0) is 30.7 Å². The van der Waals surface area contributed by atoms with E-state index in [1.54, 1.807) is 0 Å². The summed E-state index contributed by atoms with van der Waals surface area (Å²) in [6, 6.07) is 6.88. The Labute approximate surface area is 87.2 Å². The lowest BCUT2D eigenvalue weighted by Crippen LogP contribution is -2.29. The first kappa shape index (κ1) is 8.82. The molecular weight excluding hydrogens is 226 g/mol. The van der Waals surface area contributed by atoms with Crippen LogP contribution in [0.1, 0.15) is 12.5 Å². The highest BCUT2D eigenvalue weighted by Crippen LogP contribution is 2.29. The average molecular weight is 238 g/mol. The molecule has 1 heterocycles. The fraction of sp³-hybridized carbons (Fsp3) is 0.273. The Morgan fingerprint density at radius 2 is 2.15 bits per heavy atom. The van der Waals surface area contributed by atoms with Gasteiger partial charge in [-0.2, -0.15) is 0 Å². The molecule has 1 unspecified atom stereocenters. The van der Waals surface area contributed by atoms with Gasteiger partial charge < -0.3 is 4.90 Å². The first-order valence-corrected chi connectivity index (χ1v) is 5.18. The molecule has 0 spiro atoms. The first-order valence-electron chi connectivity index (χ1n) is 4.39. The Balaban J connectivity index is 2.52. The van der Waals surface area contributed by atoms with E-state index in [0.717, 1.165) is 4.47 Å². The van der Waals surface area contributed by atoms with Gasteiger partial charge in [0.05, 0.1) is 0 Å². The molecule has 13 heavy (non-hydrogen) atoms. The number of hydrogen-bond acceptors (Lipinski definition) is 1. The number of fused-ring (bicyclic) bond motifs is 1. The molecule has 0 aliphatic carbocycles. The monoisotopic (exact) mass is 237 g/mol. The maximum atomic E-state index is 3.47. The number of benzene rings is 1. The average Bonchev–Trinajstić information content (AvgIpc) is 2.12. The summed E-state index contributed by atoms with van der Waals surface area (Å²) in [4.78, 5) is 2.28. The molecule has 0 fully saturated rings. The fourth-order valence-corrected chi connectivity index (χ4v) is 1.95. The van der Waals surface area contributed by atoms with Crippen molar-refractivity contribution in [3.63, 3.8) is 0 Å². The predicted octanol–water partition coefficient (Wildman–Crippen LogP) is 3.30. The topological polar surface area (TPSA) is 3.24 Å². The summed E-state index contributed by atoms with van der Waals surface area (Å²) >= 11 is 3.47. The van der Waals surface area contributed by atoms with Crippen LogP contribution in [-0.2, 0) is 0 Å².